The van der Waals surface area contributed by atoms with Crippen LogP contribution < -0.4 is 11.1 Å². The Balaban J connectivity index is 1.80. The summed E-state index contributed by atoms with van der Waals surface area (Å²) in [5.41, 5.74) is 7.61. The first-order valence-electron chi connectivity index (χ1n) is 5.56. The summed E-state index contributed by atoms with van der Waals surface area (Å²) in [7, 11) is 0. The normalized spacial score (nSPS) is 12.3. The predicted molar refractivity (Wildman–Crippen MR) is 69.0 cm³/mol. The highest BCUT2D eigenvalue weighted by atomic mass is 32.1. The van der Waals surface area contributed by atoms with Gasteiger partial charge in [-0.1, -0.05) is 0 Å². The van der Waals surface area contributed by atoms with Crippen molar-refractivity contribution in [2.75, 3.05) is 0 Å². The highest BCUT2D eigenvalue weighted by Crippen LogP contribution is 2.08. The maximum absolute atomic E-state index is 11.8. The molecule has 0 saturated heterocycles. The van der Waals surface area contributed by atoms with Crippen molar-refractivity contribution in [1.82, 2.24) is 20.3 Å². The highest BCUT2D eigenvalue weighted by molar-refractivity contribution is 7.09. The quantitative estimate of drug-likeness (QED) is 0.727. The summed E-state index contributed by atoms with van der Waals surface area (Å²) in [4.78, 5) is 22.8. The standard InChI is InChI=1S/C11H15N5OS/c1-7-5-18-10(16-7)4-14-11(17)9(12)2-8-3-13-6-15-8/h3,5-6,9H,2,4,12H2,1H3,(H,13,15)(H,14,17)/t9-/m0/s1. The third kappa shape index (κ3) is 3.38. The smallest absolute Gasteiger partial charge is 0.237 e. The molecule has 0 aliphatic heterocycles. The molecule has 0 radical (unpaired) electrons. The zero-order valence-electron chi connectivity index (χ0n) is 10.0. The van der Waals surface area contributed by atoms with Gasteiger partial charge < -0.3 is 16.0 Å². The Morgan fingerprint density at radius 3 is 3.11 bits per heavy atom. The second-order valence-corrected chi connectivity index (χ2v) is 4.93. The van der Waals surface area contributed by atoms with Crippen molar-refractivity contribution in [3.05, 3.63) is 34.3 Å². The van der Waals surface area contributed by atoms with Crippen LogP contribution in [0.5, 0.6) is 0 Å². The molecule has 0 aliphatic carbocycles. The van der Waals surface area contributed by atoms with Crippen LogP contribution in [0.4, 0.5) is 0 Å². The van der Waals surface area contributed by atoms with Gasteiger partial charge in [-0.25, -0.2) is 9.97 Å². The van der Waals surface area contributed by atoms with Gasteiger partial charge in [0, 0.05) is 29.4 Å². The number of hydrogen-bond acceptors (Lipinski definition) is 5. The van der Waals surface area contributed by atoms with Crippen LogP contribution in [0.3, 0.4) is 0 Å². The molecule has 0 unspecified atom stereocenters. The molecule has 0 aromatic carbocycles. The van der Waals surface area contributed by atoms with E-state index in [0.717, 1.165) is 16.4 Å². The highest BCUT2D eigenvalue weighted by Gasteiger charge is 2.14. The summed E-state index contributed by atoms with van der Waals surface area (Å²) >= 11 is 1.53. The predicted octanol–water partition coefficient (Wildman–Crippen LogP) is 0.361. The first-order valence-corrected chi connectivity index (χ1v) is 6.44. The number of thiazole rings is 1. The van der Waals surface area contributed by atoms with Gasteiger partial charge in [0.2, 0.25) is 5.91 Å². The maximum Gasteiger partial charge on any atom is 0.237 e. The first kappa shape index (κ1) is 12.7. The monoisotopic (exact) mass is 265 g/mol. The third-order valence-electron chi connectivity index (χ3n) is 2.41. The maximum atomic E-state index is 11.8. The topological polar surface area (TPSA) is 96.7 Å². The Bertz CT molecular complexity index is 507. The number of nitrogens with two attached hydrogens (primary N) is 1. The summed E-state index contributed by atoms with van der Waals surface area (Å²) in [6.45, 7) is 2.35. The molecule has 96 valence electrons. The van der Waals surface area contributed by atoms with Crippen LogP contribution in [-0.2, 0) is 17.8 Å². The molecule has 0 saturated carbocycles. The van der Waals surface area contributed by atoms with Crippen molar-refractivity contribution < 1.29 is 4.79 Å². The fourth-order valence-electron chi connectivity index (χ4n) is 1.50. The molecule has 2 aromatic heterocycles. The second-order valence-electron chi connectivity index (χ2n) is 3.99. The Morgan fingerprint density at radius 2 is 2.50 bits per heavy atom. The lowest BCUT2D eigenvalue weighted by atomic mass is 10.1. The summed E-state index contributed by atoms with van der Waals surface area (Å²) in [5, 5.41) is 5.61. The minimum absolute atomic E-state index is 0.183. The molecular formula is C11H15N5OS. The molecule has 1 atom stereocenters. The van der Waals surface area contributed by atoms with Gasteiger partial charge >= 0.3 is 0 Å². The average Bonchev–Trinajstić information content (AvgIpc) is 2.97. The number of rotatable bonds is 5. The molecule has 2 aromatic rings. The minimum Gasteiger partial charge on any atom is -0.348 e. The van der Waals surface area contributed by atoms with Crippen molar-refractivity contribution in [1.29, 1.82) is 0 Å². The number of carbonyl (C=O) groups excluding carboxylic acids is 1. The summed E-state index contributed by atoms with van der Waals surface area (Å²) in [6, 6.07) is -0.577. The van der Waals surface area contributed by atoms with E-state index in [1.54, 1.807) is 12.5 Å². The van der Waals surface area contributed by atoms with Crippen LogP contribution in [0.2, 0.25) is 0 Å². The SMILES string of the molecule is Cc1csc(CNC(=O)[C@@H](N)Cc2cnc[nH]2)n1. The van der Waals surface area contributed by atoms with E-state index in [1.165, 1.54) is 11.3 Å². The van der Waals surface area contributed by atoms with E-state index in [-0.39, 0.29) is 5.91 Å². The van der Waals surface area contributed by atoms with Crippen LogP contribution in [0.1, 0.15) is 16.4 Å². The van der Waals surface area contributed by atoms with Gasteiger partial charge in [0.25, 0.3) is 0 Å². The molecule has 6 nitrogen and oxygen atoms in total. The molecule has 0 aliphatic rings. The minimum atomic E-state index is -0.577. The Hall–Kier alpha value is -1.73. The summed E-state index contributed by atoms with van der Waals surface area (Å²) in [6.07, 6.45) is 3.68. The van der Waals surface area contributed by atoms with E-state index in [1.807, 2.05) is 12.3 Å². The lowest BCUT2D eigenvalue weighted by Crippen LogP contribution is -2.41. The van der Waals surface area contributed by atoms with Gasteiger partial charge in [0.1, 0.15) is 5.01 Å². The van der Waals surface area contributed by atoms with Crippen LogP contribution in [0.15, 0.2) is 17.9 Å². The third-order valence-corrected chi connectivity index (χ3v) is 3.38. The number of imidazole rings is 1. The van der Waals surface area contributed by atoms with E-state index in [2.05, 4.69) is 20.3 Å². The number of aryl methyl sites for hydroxylation is 1. The van der Waals surface area contributed by atoms with Crippen molar-refractivity contribution in [3.8, 4) is 0 Å². The molecule has 0 spiro atoms. The summed E-state index contributed by atoms with van der Waals surface area (Å²) < 4.78 is 0. The average molecular weight is 265 g/mol. The van der Waals surface area contributed by atoms with Crippen LogP contribution in [0, 0.1) is 6.92 Å². The number of amides is 1. The molecule has 2 heterocycles. The fraction of sp³-hybridized carbons (Fsp3) is 0.364. The Labute approximate surface area is 109 Å². The first-order chi connectivity index (χ1) is 8.65. The zero-order chi connectivity index (χ0) is 13.0. The van der Waals surface area contributed by atoms with E-state index in [4.69, 9.17) is 5.73 Å². The van der Waals surface area contributed by atoms with Gasteiger partial charge in [-0.05, 0) is 6.92 Å². The van der Waals surface area contributed by atoms with E-state index >= 15 is 0 Å². The van der Waals surface area contributed by atoms with Gasteiger partial charge in [0.15, 0.2) is 0 Å². The molecule has 7 heteroatoms. The largest absolute Gasteiger partial charge is 0.348 e. The summed E-state index contributed by atoms with van der Waals surface area (Å²) in [5.74, 6) is -0.183. The van der Waals surface area contributed by atoms with Crippen molar-refractivity contribution in [3.63, 3.8) is 0 Å². The molecule has 1 amide bonds. The van der Waals surface area contributed by atoms with E-state index < -0.39 is 6.04 Å². The van der Waals surface area contributed by atoms with E-state index in [9.17, 15) is 4.79 Å². The number of nitrogens with zero attached hydrogens (tertiary/aromatic N) is 2. The number of H-pyrrole nitrogens is 1. The van der Waals surface area contributed by atoms with Crippen LogP contribution >= 0.6 is 11.3 Å². The molecule has 0 fully saturated rings. The van der Waals surface area contributed by atoms with Crippen LogP contribution in [-0.4, -0.2) is 26.9 Å². The van der Waals surface area contributed by atoms with Crippen LogP contribution in [0.25, 0.3) is 0 Å². The number of carbonyl (C=O) groups is 1. The molecule has 2 rings (SSSR count). The van der Waals surface area contributed by atoms with Gasteiger partial charge in [-0.3, -0.25) is 4.79 Å². The lowest BCUT2D eigenvalue weighted by Gasteiger charge is -2.10. The van der Waals surface area contributed by atoms with Gasteiger partial charge in [0.05, 0.1) is 18.9 Å². The zero-order valence-corrected chi connectivity index (χ0v) is 10.8. The van der Waals surface area contributed by atoms with E-state index in [0.29, 0.717) is 13.0 Å². The molecular weight excluding hydrogens is 250 g/mol. The van der Waals surface area contributed by atoms with Gasteiger partial charge in [-0.15, -0.1) is 11.3 Å². The lowest BCUT2D eigenvalue weighted by molar-refractivity contribution is -0.122. The Morgan fingerprint density at radius 1 is 1.67 bits per heavy atom. The second kappa shape index (κ2) is 5.74. The Kier molecular flexibility index (Phi) is 4.06. The number of aromatic amines is 1. The fourth-order valence-corrected chi connectivity index (χ4v) is 2.22. The molecule has 18 heavy (non-hydrogen) atoms. The van der Waals surface area contributed by atoms with Crippen molar-refractivity contribution in [2.45, 2.75) is 25.9 Å². The molecule has 0 bridgehead atoms. The van der Waals surface area contributed by atoms with Gasteiger partial charge in [-0.2, -0.15) is 0 Å². The number of nitrogens with one attached hydrogen (secondary N) is 2. The van der Waals surface area contributed by atoms with Crippen molar-refractivity contribution >= 4 is 17.2 Å². The number of aromatic nitrogens is 3. The molecule has 4 N–H and O–H groups in total. The van der Waals surface area contributed by atoms with Crippen molar-refractivity contribution in [2.24, 2.45) is 5.73 Å². The number of hydrogen-bond donors (Lipinski definition) is 3.